The highest BCUT2D eigenvalue weighted by molar-refractivity contribution is 5.72. The van der Waals surface area contributed by atoms with E-state index in [1.807, 2.05) is 30.3 Å². The third kappa shape index (κ3) is 3.70. The maximum Gasteiger partial charge on any atom is 0.134 e. The van der Waals surface area contributed by atoms with Gasteiger partial charge in [-0.05, 0) is 42.3 Å². The molecule has 0 radical (unpaired) electrons. The van der Waals surface area contributed by atoms with Crippen LogP contribution in [0.1, 0.15) is 31.9 Å². The second kappa shape index (κ2) is 7.87. The van der Waals surface area contributed by atoms with Gasteiger partial charge < -0.3 is 9.15 Å². The van der Waals surface area contributed by atoms with Crippen LogP contribution in [-0.2, 0) is 6.42 Å². The Morgan fingerprint density at radius 1 is 0.875 bits per heavy atom. The van der Waals surface area contributed by atoms with Crippen molar-refractivity contribution in [3.05, 3.63) is 66.4 Å². The number of aryl methyl sites for hydroxylation is 1. The Balaban J connectivity index is 1.95. The van der Waals surface area contributed by atoms with Crippen LogP contribution in [0.2, 0.25) is 0 Å². The SMILES string of the molecule is CCCCCc1oc(-c2ccc(OC)cc2)cc1-c1ccccc1. The van der Waals surface area contributed by atoms with Gasteiger partial charge in [-0.1, -0.05) is 50.1 Å². The summed E-state index contributed by atoms with van der Waals surface area (Å²) in [6.45, 7) is 2.23. The number of methoxy groups -OCH3 is 1. The zero-order chi connectivity index (χ0) is 16.8. The van der Waals surface area contributed by atoms with Gasteiger partial charge >= 0.3 is 0 Å². The lowest BCUT2D eigenvalue weighted by Gasteiger charge is -2.02. The molecule has 0 amide bonds. The molecule has 2 nitrogen and oxygen atoms in total. The smallest absolute Gasteiger partial charge is 0.134 e. The molecular weight excluding hydrogens is 296 g/mol. The van der Waals surface area contributed by atoms with E-state index in [1.165, 1.54) is 24.0 Å². The van der Waals surface area contributed by atoms with Crippen molar-refractivity contribution in [2.75, 3.05) is 7.11 Å². The molecule has 0 aliphatic rings. The summed E-state index contributed by atoms with van der Waals surface area (Å²) in [6.07, 6.45) is 4.58. The molecule has 124 valence electrons. The number of hydrogen-bond donors (Lipinski definition) is 0. The summed E-state index contributed by atoms with van der Waals surface area (Å²) in [4.78, 5) is 0. The number of hydrogen-bond acceptors (Lipinski definition) is 2. The lowest BCUT2D eigenvalue weighted by molar-refractivity contribution is 0.415. The molecule has 0 bridgehead atoms. The van der Waals surface area contributed by atoms with Crippen LogP contribution in [0.3, 0.4) is 0 Å². The third-order valence-electron chi connectivity index (χ3n) is 4.28. The van der Waals surface area contributed by atoms with E-state index in [0.29, 0.717) is 0 Å². The number of ether oxygens (including phenoxy) is 1. The molecule has 3 rings (SSSR count). The Bertz CT molecular complexity index is 754. The van der Waals surface area contributed by atoms with Crippen molar-refractivity contribution in [2.24, 2.45) is 0 Å². The first-order valence-electron chi connectivity index (χ1n) is 8.64. The van der Waals surface area contributed by atoms with E-state index < -0.39 is 0 Å². The van der Waals surface area contributed by atoms with Crippen LogP contribution in [0, 0.1) is 0 Å². The number of unbranched alkanes of at least 4 members (excludes halogenated alkanes) is 2. The van der Waals surface area contributed by atoms with Gasteiger partial charge in [0.15, 0.2) is 0 Å². The summed E-state index contributed by atoms with van der Waals surface area (Å²) in [7, 11) is 1.68. The zero-order valence-corrected chi connectivity index (χ0v) is 14.4. The molecule has 0 saturated heterocycles. The van der Waals surface area contributed by atoms with Crippen LogP contribution < -0.4 is 4.74 Å². The predicted molar refractivity (Wildman–Crippen MR) is 99.4 cm³/mol. The molecule has 0 atom stereocenters. The standard InChI is InChI=1S/C22H24O2/c1-3-4-6-11-21-20(17-9-7-5-8-10-17)16-22(24-21)18-12-14-19(23-2)15-13-18/h5,7-10,12-16H,3-4,6,11H2,1-2H3. The van der Waals surface area contributed by atoms with Crippen LogP contribution in [0.4, 0.5) is 0 Å². The third-order valence-corrected chi connectivity index (χ3v) is 4.28. The van der Waals surface area contributed by atoms with Gasteiger partial charge in [0, 0.05) is 17.5 Å². The van der Waals surface area contributed by atoms with E-state index >= 15 is 0 Å². The van der Waals surface area contributed by atoms with Gasteiger partial charge in [0.25, 0.3) is 0 Å². The fourth-order valence-electron chi connectivity index (χ4n) is 2.91. The predicted octanol–water partition coefficient (Wildman–Crippen LogP) is 6.35. The highest BCUT2D eigenvalue weighted by Gasteiger charge is 2.14. The molecule has 0 aliphatic carbocycles. The molecule has 2 heteroatoms. The number of rotatable bonds is 7. The minimum absolute atomic E-state index is 0.858. The molecule has 0 aliphatic heterocycles. The summed E-state index contributed by atoms with van der Waals surface area (Å²) in [5.41, 5.74) is 3.50. The van der Waals surface area contributed by atoms with Crippen LogP contribution in [0.25, 0.3) is 22.5 Å². The topological polar surface area (TPSA) is 22.4 Å². The molecule has 0 unspecified atom stereocenters. The normalized spacial score (nSPS) is 10.8. The average Bonchev–Trinajstić information content (AvgIpc) is 3.07. The van der Waals surface area contributed by atoms with Crippen LogP contribution in [0.5, 0.6) is 5.75 Å². The number of benzene rings is 2. The van der Waals surface area contributed by atoms with Crippen LogP contribution in [-0.4, -0.2) is 7.11 Å². The highest BCUT2D eigenvalue weighted by Crippen LogP contribution is 2.34. The fourth-order valence-corrected chi connectivity index (χ4v) is 2.91. The van der Waals surface area contributed by atoms with Gasteiger partial charge in [0.05, 0.1) is 7.11 Å². The van der Waals surface area contributed by atoms with E-state index in [9.17, 15) is 0 Å². The molecule has 1 aromatic heterocycles. The lowest BCUT2D eigenvalue weighted by Crippen LogP contribution is -1.86. The van der Waals surface area contributed by atoms with Crippen molar-refractivity contribution in [1.29, 1.82) is 0 Å². The van der Waals surface area contributed by atoms with E-state index in [-0.39, 0.29) is 0 Å². The van der Waals surface area contributed by atoms with Crippen molar-refractivity contribution >= 4 is 0 Å². The molecule has 3 aromatic rings. The summed E-state index contributed by atoms with van der Waals surface area (Å²) < 4.78 is 11.5. The molecule has 0 spiro atoms. The fraction of sp³-hybridized carbons (Fsp3) is 0.273. The Hall–Kier alpha value is -2.48. The maximum absolute atomic E-state index is 6.23. The van der Waals surface area contributed by atoms with Crippen molar-refractivity contribution in [1.82, 2.24) is 0 Å². The maximum atomic E-state index is 6.23. The van der Waals surface area contributed by atoms with E-state index in [4.69, 9.17) is 9.15 Å². The van der Waals surface area contributed by atoms with Crippen LogP contribution in [0.15, 0.2) is 65.1 Å². The first kappa shape index (κ1) is 16.4. The van der Waals surface area contributed by atoms with Crippen molar-refractivity contribution in [2.45, 2.75) is 32.6 Å². The Morgan fingerprint density at radius 2 is 1.62 bits per heavy atom. The lowest BCUT2D eigenvalue weighted by atomic mass is 10.0. The summed E-state index contributed by atoms with van der Waals surface area (Å²) in [6, 6.07) is 20.7. The highest BCUT2D eigenvalue weighted by atomic mass is 16.5. The van der Waals surface area contributed by atoms with Crippen molar-refractivity contribution < 1.29 is 9.15 Å². The Kier molecular flexibility index (Phi) is 5.37. The van der Waals surface area contributed by atoms with E-state index in [0.717, 1.165) is 35.7 Å². The quantitative estimate of drug-likeness (QED) is 0.473. The zero-order valence-electron chi connectivity index (χ0n) is 14.4. The van der Waals surface area contributed by atoms with E-state index in [1.54, 1.807) is 7.11 Å². The second-order valence-electron chi connectivity index (χ2n) is 6.00. The van der Waals surface area contributed by atoms with Gasteiger partial charge in [-0.2, -0.15) is 0 Å². The summed E-state index contributed by atoms with van der Waals surface area (Å²) >= 11 is 0. The molecule has 0 N–H and O–H groups in total. The monoisotopic (exact) mass is 320 g/mol. The molecule has 0 saturated carbocycles. The molecule has 24 heavy (non-hydrogen) atoms. The van der Waals surface area contributed by atoms with Gasteiger partial charge in [0.1, 0.15) is 17.3 Å². The second-order valence-corrected chi connectivity index (χ2v) is 6.00. The molecule has 1 heterocycles. The van der Waals surface area contributed by atoms with E-state index in [2.05, 4.69) is 37.3 Å². The molecule has 0 fully saturated rings. The largest absolute Gasteiger partial charge is 0.497 e. The van der Waals surface area contributed by atoms with Gasteiger partial charge in [-0.25, -0.2) is 0 Å². The average molecular weight is 320 g/mol. The summed E-state index contributed by atoms with van der Waals surface area (Å²) in [5, 5.41) is 0. The molecule has 2 aromatic carbocycles. The van der Waals surface area contributed by atoms with Gasteiger partial charge in [-0.3, -0.25) is 0 Å². The Labute approximate surface area is 144 Å². The Morgan fingerprint density at radius 3 is 2.29 bits per heavy atom. The van der Waals surface area contributed by atoms with Crippen molar-refractivity contribution in [3.63, 3.8) is 0 Å². The molecular formula is C22H24O2. The van der Waals surface area contributed by atoms with Gasteiger partial charge in [0.2, 0.25) is 0 Å². The first-order valence-corrected chi connectivity index (χ1v) is 8.64. The minimum atomic E-state index is 0.858. The summed E-state index contributed by atoms with van der Waals surface area (Å²) in [5.74, 6) is 2.86. The first-order chi connectivity index (χ1) is 11.8. The number of furan rings is 1. The van der Waals surface area contributed by atoms with Crippen molar-refractivity contribution in [3.8, 4) is 28.2 Å². The minimum Gasteiger partial charge on any atom is -0.497 e. The van der Waals surface area contributed by atoms with Gasteiger partial charge in [-0.15, -0.1) is 0 Å². The van der Waals surface area contributed by atoms with Crippen LogP contribution >= 0.6 is 0 Å².